The summed E-state index contributed by atoms with van der Waals surface area (Å²) in [6.07, 6.45) is -2.61. The first-order valence-corrected chi connectivity index (χ1v) is 8.87. The zero-order chi connectivity index (χ0) is 20.9. The Morgan fingerprint density at radius 1 is 1.10 bits per heavy atom. The number of amides is 1. The summed E-state index contributed by atoms with van der Waals surface area (Å²) in [5.41, 5.74) is 2.89. The summed E-state index contributed by atoms with van der Waals surface area (Å²) in [7, 11) is 1.57. The molecule has 3 rings (SSSR count). The summed E-state index contributed by atoms with van der Waals surface area (Å²) in [5.74, 6) is 0.510. The van der Waals surface area contributed by atoms with Crippen LogP contribution in [0.25, 0.3) is 11.0 Å². The van der Waals surface area contributed by atoms with E-state index in [0.717, 1.165) is 16.5 Å². The fraction of sp³-hybridized carbons (Fsp3) is 0.286. The molecule has 0 aliphatic heterocycles. The van der Waals surface area contributed by atoms with Gasteiger partial charge < -0.3 is 19.2 Å². The van der Waals surface area contributed by atoms with Gasteiger partial charge in [0.2, 0.25) is 5.91 Å². The Labute approximate surface area is 165 Å². The average Bonchev–Trinajstić information content (AvgIpc) is 3.08. The maximum Gasteiger partial charge on any atom is 0.411 e. The van der Waals surface area contributed by atoms with Gasteiger partial charge in [0.25, 0.3) is 0 Å². The van der Waals surface area contributed by atoms with Gasteiger partial charge in [-0.1, -0.05) is 24.3 Å². The van der Waals surface area contributed by atoms with Gasteiger partial charge in [-0.2, -0.15) is 13.2 Å². The molecule has 29 heavy (non-hydrogen) atoms. The maximum atomic E-state index is 12.2. The van der Waals surface area contributed by atoms with Gasteiger partial charge >= 0.3 is 6.18 Å². The van der Waals surface area contributed by atoms with Gasteiger partial charge in [0.15, 0.2) is 0 Å². The van der Waals surface area contributed by atoms with E-state index >= 15 is 0 Å². The number of methoxy groups -OCH3 is 1. The number of ether oxygens (including phenoxy) is 2. The molecule has 1 amide bonds. The second-order valence-electron chi connectivity index (χ2n) is 6.50. The number of hydrogen-bond donors (Lipinski definition) is 1. The van der Waals surface area contributed by atoms with Crippen molar-refractivity contribution in [1.29, 1.82) is 0 Å². The molecule has 1 N–H and O–H groups in total. The van der Waals surface area contributed by atoms with Crippen molar-refractivity contribution in [2.75, 3.05) is 13.7 Å². The topological polar surface area (TPSA) is 60.7 Å². The summed E-state index contributed by atoms with van der Waals surface area (Å²) < 4.78 is 51.5. The van der Waals surface area contributed by atoms with Crippen molar-refractivity contribution >= 4 is 16.9 Å². The van der Waals surface area contributed by atoms with E-state index in [-0.39, 0.29) is 18.9 Å². The molecular formula is C21H20F3NO4. The van der Waals surface area contributed by atoms with Gasteiger partial charge in [0.1, 0.15) is 17.9 Å². The predicted molar refractivity (Wildman–Crippen MR) is 100 cm³/mol. The lowest BCUT2D eigenvalue weighted by molar-refractivity contribution is -0.176. The van der Waals surface area contributed by atoms with Crippen LogP contribution in [0.1, 0.15) is 16.7 Å². The van der Waals surface area contributed by atoms with E-state index in [1.807, 2.05) is 6.07 Å². The number of carbonyl (C=O) groups excluding carboxylic acids is 1. The largest absolute Gasteiger partial charge is 0.497 e. The highest BCUT2D eigenvalue weighted by atomic mass is 19.4. The van der Waals surface area contributed by atoms with Crippen LogP contribution in [-0.4, -0.2) is 25.8 Å². The minimum absolute atomic E-state index is 0.121. The summed E-state index contributed by atoms with van der Waals surface area (Å²) in [4.78, 5) is 12.2. The molecule has 0 aliphatic carbocycles. The number of alkyl halides is 3. The molecule has 1 aromatic heterocycles. The summed E-state index contributed by atoms with van der Waals surface area (Å²) in [6, 6.07) is 12.2. The smallest absolute Gasteiger partial charge is 0.411 e. The van der Waals surface area contributed by atoms with Crippen LogP contribution in [0.2, 0.25) is 0 Å². The first-order valence-electron chi connectivity index (χ1n) is 8.87. The molecule has 0 atom stereocenters. The number of fused-ring (bicyclic) bond motifs is 1. The predicted octanol–water partition coefficient (Wildman–Crippen LogP) is 4.38. The highest BCUT2D eigenvalue weighted by molar-refractivity contribution is 5.88. The van der Waals surface area contributed by atoms with Crippen LogP contribution >= 0.6 is 0 Å². The van der Waals surface area contributed by atoms with Crippen molar-refractivity contribution in [3.8, 4) is 5.75 Å². The summed E-state index contributed by atoms with van der Waals surface area (Å²) in [6.45, 7) is -1.09. The molecule has 3 aromatic rings. The summed E-state index contributed by atoms with van der Waals surface area (Å²) >= 11 is 0. The normalized spacial score (nSPS) is 11.6. The number of rotatable bonds is 8. The molecule has 1 heterocycles. The van der Waals surface area contributed by atoms with Crippen molar-refractivity contribution < 1.29 is 31.9 Å². The molecule has 0 radical (unpaired) electrons. The second-order valence-corrected chi connectivity index (χ2v) is 6.50. The first-order chi connectivity index (χ1) is 13.8. The van der Waals surface area contributed by atoms with E-state index in [1.54, 1.807) is 49.8 Å². The monoisotopic (exact) mass is 407 g/mol. The van der Waals surface area contributed by atoms with Crippen LogP contribution in [0.15, 0.2) is 53.1 Å². The van der Waals surface area contributed by atoms with Gasteiger partial charge in [-0.15, -0.1) is 0 Å². The molecule has 0 saturated heterocycles. The molecule has 0 bridgehead atoms. The molecule has 0 spiro atoms. The fourth-order valence-electron chi connectivity index (χ4n) is 2.80. The Hall–Kier alpha value is -3.00. The molecule has 0 aliphatic rings. The van der Waals surface area contributed by atoms with Crippen molar-refractivity contribution in [3.05, 3.63) is 65.4 Å². The number of carbonyl (C=O) groups is 1. The molecule has 0 saturated carbocycles. The minimum atomic E-state index is -4.34. The Balaban J connectivity index is 1.49. The Morgan fingerprint density at radius 2 is 1.83 bits per heavy atom. The van der Waals surface area contributed by atoms with E-state index in [4.69, 9.17) is 9.15 Å². The maximum absolute atomic E-state index is 12.2. The van der Waals surface area contributed by atoms with Gasteiger partial charge in [-0.05, 0) is 23.3 Å². The molecule has 2 aromatic carbocycles. The van der Waals surface area contributed by atoms with Crippen LogP contribution in [0.5, 0.6) is 5.75 Å². The Morgan fingerprint density at radius 3 is 2.52 bits per heavy atom. The number of halogens is 3. The second kappa shape index (κ2) is 9.00. The van der Waals surface area contributed by atoms with Gasteiger partial charge in [-0.25, -0.2) is 0 Å². The lowest BCUT2D eigenvalue weighted by Crippen LogP contribution is -2.24. The first kappa shape index (κ1) is 20.7. The molecule has 5 nitrogen and oxygen atoms in total. The van der Waals surface area contributed by atoms with Crippen molar-refractivity contribution in [1.82, 2.24) is 5.32 Å². The molecule has 154 valence electrons. The average molecular weight is 407 g/mol. The zero-order valence-electron chi connectivity index (χ0n) is 15.7. The van der Waals surface area contributed by atoms with Crippen LogP contribution < -0.4 is 10.1 Å². The van der Waals surface area contributed by atoms with Crippen molar-refractivity contribution in [3.63, 3.8) is 0 Å². The van der Waals surface area contributed by atoms with Gasteiger partial charge in [-0.3, -0.25) is 4.79 Å². The number of hydrogen-bond acceptors (Lipinski definition) is 4. The number of furan rings is 1. The van der Waals surface area contributed by atoms with Crippen LogP contribution in [0, 0.1) is 0 Å². The third kappa shape index (κ3) is 5.99. The Bertz CT molecular complexity index is 964. The minimum Gasteiger partial charge on any atom is -0.497 e. The standard InChI is InChI=1S/C21H20F3NO4/c1-27-17-6-7-18-16(12-29-19(18)9-17)8-20(26)25-10-14-2-4-15(5-3-14)11-28-13-21(22,23)24/h2-7,9,12H,8,10-11,13H2,1H3,(H,25,26). The SMILES string of the molecule is COc1ccc2c(CC(=O)NCc3ccc(COCC(F)(F)F)cc3)coc2c1. The lowest BCUT2D eigenvalue weighted by Gasteiger charge is -2.09. The Kier molecular flexibility index (Phi) is 6.43. The van der Waals surface area contributed by atoms with Crippen LogP contribution in [0.3, 0.4) is 0 Å². The number of benzene rings is 2. The fourth-order valence-corrected chi connectivity index (χ4v) is 2.80. The molecule has 0 fully saturated rings. The van der Waals surface area contributed by atoms with Gasteiger partial charge in [0, 0.05) is 23.6 Å². The highest BCUT2D eigenvalue weighted by Gasteiger charge is 2.27. The molecule has 0 unspecified atom stereocenters. The quantitative estimate of drug-likeness (QED) is 0.602. The molecule has 8 heteroatoms. The van der Waals surface area contributed by atoms with E-state index in [0.29, 0.717) is 23.4 Å². The van der Waals surface area contributed by atoms with Gasteiger partial charge in [0.05, 0.1) is 26.4 Å². The highest BCUT2D eigenvalue weighted by Crippen LogP contribution is 2.25. The lowest BCUT2D eigenvalue weighted by atomic mass is 10.1. The third-order valence-electron chi connectivity index (χ3n) is 4.26. The zero-order valence-corrected chi connectivity index (χ0v) is 15.7. The third-order valence-corrected chi connectivity index (χ3v) is 4.26. The van der Waals surface area contributed by atoms with Crippen molar-refractivity contribution in [2.45, 2.75) is 25.7 Å². The van der Waals surface area contributed by atoms with E-state index in [2.05, 4.69) is 10.1 Å². The van der Waals surface area contributed by atoms with E-state index < -0.39 is 12.8 Å². The number of nitrogens with one attached hydrogen (secondary N) is 1. The summed E-state index contributed by atoms with van der Waals surface area (Å²) in [5, 5.41) is 3.67. The van der Waals surface area contributed by atoms with E-state index in [9.17, 15) is 18.0 Å². The van der Waals surface area contributed by atoms with Crippen LogP contribution in [-0.2, 0) is 29.1 Å². The van der Waals surface area contributed by atoms with Crippen LogP contribution in [0.4, 0.5) is 13.2 Å². The van der Waals surface area contributed by atoms with E-state index in [1.165, 1.54) is 0 Å². The molecular weight excluding hydrogens is 387 g/mol. The van der Waals surface area contributed by atoms with Crippen molar-refractivity contribution in [2.24, 2.45) is 0 Å².